The molecule has 24 heavy (non-hydrogen) atoms. The fourth-order valence-electron chi connectivity index (χ4n) is 3.48. The summed E-state index contributed by atoms with van der Waals surface area (Å²) in [7, 11) is -2.41. The van der Waals surface area contributed by atoms with Crippen LogP contribution in [0.4, 0.5) is 0 Å². The third-order valence-electron chi connectivity index (χ3n) is 4.62. The zero-order chi connectivity index (χ0) is 16.6. The van der Waals surface area contributed by atoms with Crippen molar-refractivity contribution in [3.05, 3.63) is 23.8 Å². The van der Waals surface area contributed by atoms with Crippen molar-refractivity contribution in [2.24, 2.45) is 5.14 Å². The van der Waals surface area contributed by atoms with Crippen molar-refractivity contribution in [1.82, 2.24) is 10.2 Å². The van der Waals surface area contributed by atoms with Crippen molar-refractivity contribution in [3.8, 4) is 5.75 Å². The van der Waals surface area contributed by atoms with Gasteiger partial charge in [-0.3, -0.25) is 4.79 Å². The molecule has 9 heteroatoms. The highest BCUT2D eigenvalue weighted by Crippen LogP contribution is 2.32. The van der Waals surface area contributed by atoms with E-state index in [-0.39, 0.29) is 40.9 Å². The number of primary sulfonamides is 1. The number of fused-ring (bicyclic) bond motifs is 2. The lowest BCUT2D eigenvalue weighted by molar-refractivity contribution is 0.0676. The number of nitrogens with two attached hydrogens (primary N) is 1. The SMILES string of the molecule is COc1ccc(S(N)(=O)=O)cc1C(=O)N1C2CCNCC1CC2.Cl. The minimum Gasteiger partial charge on any atom is -0.496 e. The molecule has 0 saturated carbocycles. The smallest absolute Gasteiger partial charge is 0.258 e. The highest BCUT2D eigenvalue weighted by atomic mass is 35.5. The summed E-state index contributed by atoms with van der Waals surface area (Å²) in [4.78, 5) is 14.9. The number of halogens is 1. The number of methoxy groups -OCH3 is 1. The van der Waals surface area contributed by atoms with E-state index in [9.17, 15) is 13.2 Å². The van der Waals surface area contributed by atoms with Gasteiger partial charge in [0.25, 0.3) is 5.91 Å². The lowest BCUT2D eigenvalue weighted by atomic mass is 10.1. The molecule has 0 spiro atoms. The van der Waals surface area contributed by atoms with Gasteiger partial charge in [0, 0.05) is 18.6 Å². The molecule has 2 atom stereocenters. The molecule has 2 aliphatic rings. The van der Waals surface area contributed by atoms with Crippen LogP contribution in [0.2, 0.25) is 0 Å². The number of carbonyl (C=O) groups excluding carboxylic acids is 1. The highest BCUT2D eigenvalue weighted by molar-refractivity contribution is 7.89. The topological polar surface area (TPSA) is 102 Å². The number of nitrogens with one attached hydrogen (secondary N) is 1. The lowest BCUT2D eigenvalue weighted by Gasteiger charge is -2.28. The molecule has 2 unspecified atom stereocenters. The van der Waals surface area contributed by atoms with Crippen molar-refractivity contribution >= 4 is 28.3 Å². The summed E-state index contributed by atoms with van der Waals surface area (Å²) in [5.41, 5.74) is 0.248. The number of carbonyl (C=O) groups is 1. The Morgan fingerprint density at radius 1 is 1.29 bits per heavy atom. The number of amides is 1. The van der Waals surface area contributed by atoms with Gasteiger partial charge in [-0.15, -0.1) is 12.4 Å². The van der Waals surface area contributed by atoms with Gasteiger partial charge in [-0.1, -0.05) is 0 Å². The number of hydrogen-bond acceptors (Lipinski definition) is 5. The average molecular weight is 376 g/mol. The predicted octanol–water partition coefficient (Wildman–Crippen LogP) is 0.731. The van der Waals surface area contributed by atoms with E-state index in [1.54, 1.807) is 0 Å². The zero-order valence-electron chi connectivity index (χ0n) is 13.4. The molecule has 1 aromatic carbocycles. The van der Waals surface area contributed by atoms with Gasteiger partial charge < -0.3 is 15.0 Å². The molecule has 1 amide bonds. The summed E-state index contributed by atoms with van der Waals surface area (Å²) in [5.74, 6) is 0.169. The van der Waals surface area contributed by atoms with Crippen molar-refractivity contribution in [3.63, 3.8) is 0 Å². The first-order chi connectivity index (χ1) is 10.9. The summed E-state index contributed by atoms with van der Waals surface area (Å²) in [6.07, 6.45) is 2.84. The van der Waals surface area contributed by atoms with E-state index in [0.717, 1.165) is 32.4 Å². The van der Waals surface area contributed by atoms with Crippen LogP contribution in [0, 0.1) is 0 Å². The van der Waals surface area contributed by atoms with Crippen molar-refractivity contribution < 1.29 is 17.9 Å². The van der Waals surface area contributed by atoms with Gasteiger partial charge >= 0.3 is 0 Å². The van der Waals surface area contributed by atoms with E-state index in [1.165, 1.54) is 25.3 Å². The molecule has 2 fully saturated rings. The number of sulfonamides is 1. The van der Waals surface area contributed by atoms with E-state index in [2.05, 4.69) is 5.32 Å². The van der Waals surface area contributed by atoms with Gasteiger partial charge in [0.1, 0.15) is 5.75 Å². The van der Waals surface area contributed by atoms with E-state index < -0.39 is 10.0 Å². The first kappa shape index (κ1) is 19.0. The molecule has 0 radical (unpaired) electrons. The van der Waals surface area contributed by atoms with Crippen LogP contribution in [0.5, 0.6) is 5.75 Å². The van der Waals surface area contributed by atoms with E-state index in [1.807, 2.05) is 4.90 Å². The first-order valence-electron chi connectivity index (χ1n) is 7.66. The van der Waals surface area contributed by atoms with Crippen molar-refractivity contribution in [2.75, 3.05) is 20.2 Å². The minimum absolute atomic E-state index is 0. The molecule has 2 saturated heterocycles. The Hall–Kier alpha value is -1.35. The maximum absolute atomic E-state index is 13.1. The normalized spacial score (nSPS) is 23.3. The second-order valence-corrected chi connectivity index (χ2v) is 7.56. The standard InChI is InChI=1S/C15H21N3O4S.ClH/c1-22-14-5-4-12(23(16,20)21)8-13(14)15(19)18-10-2-3-11(18)9-17-7-6-10;/h4-5,8,10-11,17H,2-3,6-7,9H2,1H3,(H2,16,20,21);1H. The Kier molecular flexibility index (Phi) is 5.74. The molecular weight excluding hydrogens is 354 g/mol. The first-order valence-corrected chi connectivity index (χ1v) is 9.20. The van der Waals surface area contributed by atoms with Gasteiger partial charge in [0.05, 0.1) is 17.6 Å². The van der Waals surface area contributed by atoms with Crippen LogP contribution in [-0.2, 0) is 10.0 Å². The van der Waals surface area contributed by atoms with Crippen molar-refractivity contribution in [1.29, 1.82) is 0 Å². The maximum Gasteiger partial charge on any atom is 0.258 e. The number of benzene rings is 1. The largest absolute Gasteiger partial charge is 0.496 e. The Morgan fingerprint density at radius 3 is 2.67 bits per heavy atom. The van der Waals surface area contributed by atoms with E-state index >= 15 is 0 Å². The lowest BCUT2D eigenvalue weighted by Crippen LogP contribution is -2.42. The predicted molar refractivity (Wildman–Crippen MR) is 92.1 cm³/mol. The van der Waals surface area contributed by atoms with Crippen LogP contribution < -0.4 is 15.2 Å². The monoisotopic (exact) mass is 375 g/mol. The fraction of sp³-hybridized carbons (Fsp3) is 0.533. The Balaban J connectivity index is 0.00000208. The molecule has 1 aromatic rings. The van der Waals surface area contributed by atoms with Crippen LogP contribution in [0.15, 0.2) is 23.1 Å². The number of nitrogens with zero attached hydrogens (tertiary/aromatic N) is 1. The highest BCUT2D eigenvalue weighted by Gasteiger charge is 2.39. The quantitative estimate of drug-likeness (QED) is 0.811. The Bertz CT molecular complexity index is 711. The molecule has 134 valence electrons. The number of hydrogen-bond donors (Lipinski definition) is 2. The molecule has 3 rings (SSSR count). The summed E-state index contributed by atoms with van der Waals surface area (Å²) in [6.45, 7) is 1.65. The van der Waals surface area contributed by atoms with Gasteiger partial charge in [-0.25, -0.2) is 13.6 Å². The molecule has 2 aliphatic heterocycles. The van der Waals surface area contributed by atoms with Crippen LogP contribution in [0.3, 0.4) is 0 Å². The molecule has 3 N–H and O–H groups in total. The van der Waals surface area contributed by atoms with Gasteiger partial charge in [-0.2, -0.15) is 0 Å². The summed E-state index contributed by atoms with van der Waals surface area (Å²) < 4.78 is 28.4. The van der Waals surface area contributed by atoms with Crippen LogP contribution in [0.25, 0.3) is 0 Å². The molecule has 0 aromatic heterocycles. The second-order valence-electron chi connectivity index (χ2n) is 6.00. The van der Waals surface area contributed by atoms with E-state index in [0.29, 0.717) is 5.75 Å². The minimum atomic E-state index is -3.87. The average Bonchev–Trinajstić information content (AvgIpc) is 2.78. The molecule has 0 aliphatic carbocycles. The zero-order valence-corrected chi connectivity index (χ0v) is 15.0. The number of ether oxygens (including phenoxy) is 1. The summed E-state index contributed by atoms with van der Waals surface area (Å²) in [6, 6.07) is 4.46. The van der Waals surface area contributed by atoms with Gasteiger partial charge in [-0.05, 0) is 44.0 Å². The van der Waals surface area contributed by atoms with Gasteiger partial charge in [0.15, 0.2) is 0 Å². The Labute approximate surface area is 148 Å². The van der Waals surface area contributed by atoms with Crippen LogP contribution in [0.1, 0.15) is 29.6 Å². The van der Waals surface area contributed by atoms with E-state index in [4.69, 9.17) is 9.88 Å². The molecule has 7 nitrogen and oxygen atoms in total. The van der Waals surface area contributed by atoms with Crippen LogP contribution >= 0.6 is 12.4 Å². The van der Waals surface area contributed by atoms with Gasteiger partial charge in [0.2, 0.25) is 10.0 Å². The second kappa shape index (κ2) is 7.26. The summed E-state index contributed by atoms with van der Waals surface area (Å²) >= 11 is 0. The molecule has 2 bridgehead atoms. The summed E-state index contributed by atoms with van der Waals surface area (Å²) in [5, 5.41) is 8.52. The third-order valence-corrected chi connectivity index (χ3v) is 5.53. The maximum atomic E-state index is 13.1. The van der Waals surface area contributed by atoms with Crippen molar-refractivity contribution in [2.45, 2.75) is 36.2 Å². The molecular formula is C15H22ClN3O4S. The van der Waals surface area contributed by atoms with Crippen LogP contribution in [-0.4, -0.2) is 51.5 Å². The fourth-order valence-corrected chi connectivity index (χ4v) is 4.02. The number of rotatable bonds is 3. The third kappa shape index (κ3) is 3.51. The molecule has 2 heterocycles. The Morgan fingerprint density at radius 2 is 2.00 bits per heavy atom.